The van der Waals surface area contributed by atoms with Crippen molar-refractivity contribution in [1.82, 2.24) is 20.9 Å². The van der Waals surface area contributed by atoms with Crippen molar-refractivity contribution in [3.05, 3.63) is 78.4 Å². The number of benzene rings is 3. The zero-order chi connectivity index (χ0) is 33.3. The van der Waals surface area contributed by atoms with Crippen LogP contribution in [-0.2, 0) is 9.53 Å². The maximum absolute atomic E-state index is 12.6. The molecule has 12 nitrogen and oxygen atoms in total. The highest BCUT2D eigenvalue weighted by Gasteiger charge is 2.22. The lowest BCUT2D eigenvalue weighted by Crippen LogP contribution is -2.44. The van der Waals surface area contributed by atoms with E-state index in [4.69, 9.17) is 4.74 Å². The molecule has 12 heteroatoms. The van der Waals surface area contributed by atoms with Gasteiger partial charge in [-0.2, -0.15) is 0 Å². The number of nitrogens with one attached hydrogen (secondary N) is 5. The van der Waals surface area contributed by atoms with Crippen molar-refractivity contribution in [2.45, 2.75) is 44.3 Å². The average molecular weight is 647 g/mol. The predicted octanol–water partition coefficient (Wildman–Crippen LogP) is 4.43. The van der Waals surface area contributed by atoms with Gasteiger partial charge >= 0.3 is 12.1 Å². The number of aliphatic hydroxyl groups excluding tert-OH is 1. The maximum Gasteiger partial charge on any atom is 0.411 e. The summed E-state index contributed by atoms with van der Waals surface area (Å²) in [5.41, 5.74) is 3.53. The molecule has 0 spiro atoms. The van der Waals surface area contributed by atoms with Crippen molar-refractivity contribution in [3.63, 3.8) is 0 Å². The summed E-state index contributed by atoms with van der Waals surface area (Å²) < 4.78 is 5.72. The number of ether oxygens (including phenoxy) is 1. The summed E-state index contributed by atoms with van der Waals surface area (Å²) in [7, 11) is 0. The Morgan fingerprint density at radius 1 is 0.894 bits per heavy atom. The van der Waals surface area contributed by atoms with E-state index in [1.165, 1.54) is 6.07 Å². The summed E-state index contributed by atoms with van der Waals surface area (Å²) in [6.07, 6.45) is 3.25. The summed E-state index contributed by atoms with van der Waals surface area (Å²) in [4.78, 5) is 37.7. The monoisotopic (exact) mass is 646 g/mol. The molecule has 4 amide bonds. The molecule has 1 saturated heterocycles. The van der Waals surface area contributed by atoms with E-state index in [1.54, 1.807) is 12.1 Å². The van der Waals surface area contributed by atoms with Crippen LogP contribution in [0.4, 0.5) is 21.0 Å². The fraction of sp³-hybridized carbons (Fsp3) is 0.400. The number of rotatable bonds is 17. The quantitative estimate of drug-likeness (QED) is 0.0643. The lowest BCUT2D eigenvalue weighted by molar-refractivity contribution is -0.105. The molecular weight excluding hydrogens is 600 g/mol. The first kappa shape index (κ1) is 35.2. The first-order valence-corrected chi connectivity index (χ1v) is 16.2. The minimum absolute atomic E-state index is 0.0594. The number of nitrogens with zero attached hydrogens (tertiary/aromatic N) is 1. The maximum atomic E-state index is 12.6. The van der Waals surface area contributed by atoms with Crippen LogP contribution in [0.1, 0.15) is 43.8 Å². The van der Waals surface area contributed by atoms with Crippen molar-refractivity contribution in [2.24, 2.45) is 0 Å². The molecule has 1 aliphatic rings. The van der Waals surface area contributed by atoms with Gasteiger partial charge in [0.25, 0.3) is 0 Å². The minimum atomic E-state index is -0.770. The zero-order valence-corrected chi connectivity index (χ0v) is 26.6. The number of carbonyl (C=O) groups excluding carboxylic acids is 3. The molecule has 1 aliphatic heterocycles. The van der Waals surface area contributed by atoms with Gasteiger partial charge in [0.15, 0.2) is 0 Å². The molecule has 4 rings (SSSR count). The topological polar surface area (TPSA) is 164 Å². The van der Waals surface area contributed by atoms with Crippen LogP contribution < -0.4 is 26.6 Å². The third-order valence-corrected chi connectivity index (χ3v) is 8.04. The van der Waals surface area contributed by atoms with Crippen molar-refractivity contribution in [2.75, 3.05) is 56.4 Å². The SMILES string of the molecule is O=CNc1cc([C@@H](O)CNCCCCCNC(=O)NCCN2CCC(OC(=O)Nc3ccccc3-c3ccccc3)CC2)ccc1O. The number of para-hydroxylation sites is 1. The van der Waals surface area contributed by atoms with E-state index in [-0.39, 0.29) is 23.6 Å². The Balaban J connectivity index is 0.998. The number of phenolic OH excluding ortho intramolecular Hbond substituents is 1. The Morgan fingerprint density at radius 3 is 2.40 bits per heavy atom. The molecule has 7 N–H and O–H groups in total. The third-order valence-electron chi connectivity index (χ3n) is 8.04. The molecule has 3 aromatic carbocycles. The molecule has 1 atom stereocenters. The van der Waals surface area contributed by atoms with E-state index in [0.29, 0.717) is 37.3 Å². The summed E-state index contributed by atoms with van der Waals surface area (Å²) in [5, 5.41) is 34.4. The normalized spacial score (nSPS) is 14.1. The molecule has 3 aromatic rings. The number of anilines is 2. The molecule has 1 fully saturated rings. The van der Waals surface area contributed by atoms with Gasteiger partial charge in [-0.3, -0.25) is 10.1 Å². The molecule has 0 aromatic heterocycles. The highest BCUT2D eigenvalue weighted by molar-refractivity contribution is 5.91. The first-order valence-electron chi connectivity index (χ1n) is 16.2. The lowest BCUT2D eigenvalue weighted by atomic mass is 10.0. The van der Waals surface area contributed by atoms with Crippen LogP contribution in [0.25, 0.3) is 11.1 Å². The van der Waals surface area contributed by atoms with Gasteiger partial charge in [0.1, 0.15) is 11.9 Å². The van der Waals surface area contributed by atoms with Crippen molar-refractivity contribution >= 4 is 29.9 Å². The van der Waals surface area contributed by atoms with Gasteiger partial charge in [0, 0.05) is 44.8 Å². The highest BCUT2D eigenvalue weighted by Crippen LogP contribution is 2.28. The molecule has 0 bridgehead atoms. The lowest BCUT2D eigenvalue weighted by Gasteiger charge is -2.31. The van der Waals surface area contributed by atoms with Crippen molar-refractivity contribution in [3.8, 4) is 16.9 Å². The highest BCUT2D eigenvalue weighted by atomic mass is 16.6. The largest absolute Gasteiger partial charge is 0.506 e. The molecule has 252 valence electrons. The van der Waals surface area contributed by atoms with E-state index >= 15 is 0 Å². The molecule has 0 saturated carbocycles. The number of carbonyl (C=O) groups is 3. The number of aliphatic hydroxyl groups is 1. The fourth-order valence-electron chi connectivity index (χ4n) is 5.44. The van der Waals surface area contributed by atoms with Gasteiger partial charge in [-0.1, -0.05) is 61.0 Å². The van der Waals surface area contributed by atoms with Crippen LogP contribution in [-0.4, -0.2) is 85.6 Å². The van der Waals surface area contributed by atoms with Crippen molar-refractivity contribution < 1.29 is 29.3 Å². The summed E-state index contributed by atoms with van der Waals surface area (Å²) in [6, 6.07) is 22.0. The second-order valence-corrected chi connectivity index (χ2v) is 11.5. The van der Waals surface area contributed by atoms with Crippen LogP contribution in [0.2, 0.25) is 0 Å². The van der Waals surface area contributed by atoms with E-state index < -0.39 is 12.2 Å². The van der Waals surface area contributed by atoms with Crippen LogP contribution in [0.3, 0.4) is 0 Å². The van der Waals surface area contributed by atoms with Crippen LogP contribution in [0.5, 0.6) is 5.75 Å². The smallest absolute Gasteiger partial charge is 0.411 e. The number of urea groups is 1. The van der Waals surface area contributed by atoms with Gasteiger partial charge < -0.3 is 41.1 Å². The number of aromatic hydroxyl groups is 1. The van der Waals surface area contributed by atoms with Crippen LogP contribution in [0, 0.1) is 0 Å². The molecule has 47 heavy (non-hydrogen) atoms. The first-order chi connectivity index (χ1) is 22.9. The van der Waals surface area contributed by atoms with E-state index in [1.807, 2.05) is 54.6 Å². The van der Waals surface area contributed by atoms with E-state index in [0.717, 1.165) is 69.4 Å². The number of likely N-dealkylation sites (tertiary alicyclic amines) is 1. The number of hydrogen-bond acceptors (Lipinski definition) is 8. The Labute approximate surface area is 275 Å². The number of unbranched alkanes of at least 4 members (excludes halogenated alkanes) is 2. The summed E-state index contributed by atoms with van der Waals surface area (Å²) in [5.74, 6) is -0.0594. The number of amides is 4. The van der Waals surface area contributed by atoms with Crippen molar-refractivity contribution in [1.29, 1.82) is 0 Å². The summed E-state index contributed by atoms with van der Waals surface area (Å²) >= 11 is 0. The van der Waals surface area contributed by atoms with E-state index in [9.17, 15) is 24.6 Å². The average Bonchev–Trinajstić information content (AvgIpc) is 3.08. The summed E-state index contributed by atoms with van der Waals surface area (Å²) in [6.45, 7) is 4.49. The minimum Gasteiger partial charge on any atom is -0.506 e. The third kappa shape index (κ3) is 11.9. The molecule has 0 aliphatic carbocycles. The van der Waals surface area contributed by atoms with Crippen LogP contribution in [0.15, 0.2) is 72.8 Å². The molecular formula is C35H46N6O6. The molecule has 0 radical (unpaired) electrons. The predicted molar refractivity (Wildman–Crippen MR) is 182 cm³/mol. The van der Waals surface area contributed by atoms with Gasteiger partial charge in [0.2, 0.25) is 6.41 Å². The Hall–Kier alpha value is -4.65. The van der Waals surface area contributed by atoms with Gasteiger partial charge in [-0.25, -0.2) is 9.59 Å². The molecule has 1 heterocycles. The number of piperidine rings is 1. The fourth-order valence-corrected chi connectivity index (χ4v) is 5.44. The van der Waals surface area contributed by atoms with Gasteiger partial charge in [-0.15, -0.1) is 0 Å². The van der Waals surface area contributed by atoms with Gasteiger partial charge in [-0.05, 0) is 61.6 Å². The standard InChI is InChI=1S/C35H46N6O6/c42-25-39-31-23-27(13-14-32(31)43)33(44)24-36-17-7-2-8-18-37-34(45)38-19-22-41-20-15-28(16-21-41)47-35(46)40-30-12-6-5-11-29(30)26-9-3-1-4-10-26/h1,3-6,9-14,23,25,28,33,36,43-44H,2,7-8,15-22,24H2,(H,39,42)(H,40,46)(H2,37,38,45)/t33-/m0/s1. The second-order valence-electron chi connectivity index (χ2n) is 11.5. The zero-order valence-electron chi connectivity index (χ0n) is 26.6. The number of hydrogen-bond donors (Lipinski definition) is 7. The Morgan fingerprint density at radius 2 is 1.62 bits per heavy atom. The van der Waals surface area contributed by atoms with Gasteiger partial charge in [0.05, 0.1) is 17.5 Å². The van der Waals surface area contributed by atoms with Crippen LogP contribution >= 0.6 is 0 Å². The Kier molecular flexibility index (Phi) is 14.3. The molecule has 0 unspecified atom stereocenters. The second kappa shape index (κ2) is 19.1. The van der Waals surface area contributed by atoms with E-state index in [2.05, 4.69) is 31.5 Å². The Bertz CT molecular complexity index is 1420. The number of phenols is 1.